The largest absolute Gasteiger partial charge is 0.462 e. The molecule has 0 saturated heterocycles. The number of hydrogen-bond acceptors (Lipinski definition) is 4. The molecule has 1 amide bonds. The van der Waals surface area contributed by atoms with E-state index in [2.05, 4.69) is 5.32 Å². The zero-order valence-electron chi connectivity index (χ0n) is 14.3. The number of rotatable bonds is 5. The van der Waals surface area contributed by atoms with Gasteiger partial charge in [-0.2, -0.15) is 0 Å². The van der Waals surface area contributed by atoms with E-state index in [9.17, 15) is 18.4 Å². The van der Waals surface area contributed by atoms with Gasteiger partial charge in [-0.15, -0.1) is 11.3 Å². The maximum atomic E-state index is 13.4. The molecule has 0 aliphatic carbocycles. The molecule has 2 aromatic carbocycles. The molecule has 0 aliphatic rings. The minimum atomic E-state index is -1.12. The molecule has 1 N–H and O–H groups in total. The van der Waals surface area contributed by atoms with E-state index in [4.69, 9.17) is 4.74 Å². The van der Waals surface area contributed by atoms with E-state index in [-0.39, 0.29) is 22.7 Å². The van der Waals surface area contributed by atoms with Crippen LogP contribution in [0.25, 0.3) is 11.1 Å². The minimum Gasteiger partial charge on any atom is -0.462 e. The fraction of sp³-hybridized carbons (Fsp3) is 0.100. The van der Waals surface area contributed by atoms with E-state index in [1.54, 1.807) is 12.3 Å². The van der Waals surface area contributed by atoms with E-state index in [0.29, 0.717) is 5.56 Å². The lowest BCUT2D eigenvalue weighted by Gasteiger charge is -2.09. The fourth-order valence-corrected chi connectivity index (χ4v) is 3.45. The Balaban J connectivity index is 1.97. The van der Waals surface area contributed by atoms with E-state index >= 15 is 0 Å². The van der Waals surface area contributed by atoms with Crippen molar-refractivity contribution in [3.8, 4) is 11.1 Å². The van der Waals surface area contributed by atoms with Crippen molar-refractivity contribution in [3.63, 3.8) is 0 Å². The number of carbonyl (C=O) groups is 2. The number of ether oxygens (including phenoxy) is 1. The van der Waals surface area contributed by atoms with Crippen LogP contribution in [0.15, 0.2) is 53.9 Å². The molecule has 0 aliphatic heterocycles. The molecular weight excluding hydrogens is 372 g/mol. The highest BCUT2D eigenvalue weighted by molar-refractivity contribution is 7.15. The third kappa shape index (κ3) is 4.03. The summed E-state index contributed by atoms with van der Waals surface area (Å²) in [6.45, 7) is 1.87. The molecule has 0 unspecified atom stereocenters. The second kappa shape index (κ2) is 8.09. The van der Waals surface area contributed by atoms with Crippen LogP contribution in [0.1, 0.15) is 27.6 Å². The number of amides is 1. The first-order chi connectivity index (χ1) is 13.0. The van der Waals surface area contributed by atoms with Crippen LogP contribution in [-0.4, -0.2) is 18.5 Å². The average Bonchev–Trinajstić information content (AvgIpc) is 3.08. The quantitative estimate of drug-likeness (QED) is 0.618. The number of hydrogen-bond donors (Lipinski definition) is 1. The molecule has 1 aromatic heterocycles. The number of anilines is 1. The van der Waals surface area contributed by atoms with Crippen molar-refractivity contribution < 1.29 is 23.1 Å². The smallest absolute Gasteiger partial charge is 0.341 e. The number of halogens is 2. The highest BCUT2D eigenvalue weighted by atomic mass is 32.1. The average molecular weight is 387 g/mol. The predicted octanol–water partition coefficient (Wildman–Crippen LogP) is 5.12. The summed E-state index contributed by atoms with van der Waals surface area (Å²) in [6.07, 6.45) is 0. The molecule has 0 atom stereocenters. The van der Waals surface area contributed by atoms with Gasteiger partial charge in [0.25, 0.3) is 5.91 Å². The molecular formula is C20H15F2NO3S. The Kier molecular flexibility index (Phi) is 5.61. The maximum Gasteiger partial charge on any atom is 0.341 e. The number of carbonyl (C=O) groups excluding carboxylic acids is 2. The van der Waals surface area contributed by atoms with Crippen LogP contribution in [0.5, 0.6) is 0 Å². The molecule has 0 bridgehead atoms. The molecule has 3 aromatic rings. The van der Waals surface area contributed by atoms with Crippen molar-refractivity contribution >= 4 is 28.2 Å². The van der Waals surface area contributed by atoms with Crippen LogP contribution in [0.4, 0.5) is 13.8 Å². The number of esters is 1. The zero-order valence-corrected chi connectivity index (χ0v) is 15.1. The van der Waals surface area contributed by atoms with Crippen LogP contribution >= 0.6 is 11.3 Å². The molecule has 27 heavy (non-hydrogen) atoms. The Morgan fingerprint density at radius 1 is 1.07 bits per heavy atom. The van der Waals surface area contributed by atoms with Crippen LogP contribution in [0, 0.1) is 11.6 Å². The maximum absolute atomic E-state index is 13.4. The van der Waals surface area contributed by atoms with Crippen LogP contribution in [0.2, 0.25) is 0 Å². The minimum absolute atomic E-state index is 0.0571. The molecule has 3 rings (SSSR count). The van der Waals surface area contributed by atoms with Crippen molar-refractivity contribution in [2.45, 2.75) is 6.92 Å². The first-order valence-corrected chi connectivity index (χ1v) is 8.99. The Morgan fingerprint density at radius 2 is 1.81 bits per heavy atom. The van der Waals surface area contributed by atoms with Gasteiger partial charge < -0.3 is 10.1 Å². The summed E-state index contributed by atoms with van der Waals surface area (Å²) in [5.74, 6) is -3.38. The van der Waals surface area contributed by atoms with Gasteiger partial charge >= 0.3 is 5.97 Å². The topological polar surface area (TPSA) is 55.4 Å². The summed E-state index contributed by atoms with van der Waals surface area (Å²) < 4.78 is 31.6. The second-order valence-corrected chi connectivity index (χ2v) is 6.40. The molecule has 0 saturated carbocycles. The Labute approximate surface area is 158 Å². The number of benzene rings is 2. The SMILES string of the molecule is CCOC(=O)c1c(-c2ccccc2)csc1NC(=O)c1ccc(F)c(F)c1. The van der Waals surface area contributed by atoms with Gasteiger partial charge in [0.2, 0.25) is 0 Å². The van der Waals surface area contributed by atoms with Crippen LogP contribution in [-0.2, 0) is 4.74 Å². The van der Waals surface area contributed by atoms with Gasteiger partial charge in [0.15, 0.2) is 11.6 Å². The molecule has 0 radical (unpaired) electrons. The first-order valence-electron chi connectivity index (χ1n) is 8.11. The Bertz CT molecular complexity index is 986. The van der Waals surface area contributed by atoms with E-state index in [1.165, 1.54) is 6.07 Å². The van der Waals surface area contributed by atoms with Gasteiger partial charge in [0.05, 0.1) is 6.61 Å². The monoisotopic (exact) mass is 387 g/mol. The van der Waals surface area contributed by atoms with Crippen molar-refractivity contribution in [2.24, 2.45) is 0 Å². The van der Waals surface area contributed by atoms with Gasteiger partial charge in [-0.25, -0.2) is 13.6 Å². The third-order valence-corrected chi connectivity index (χ3v) is 4.66. The van der Waals surface area contributed by atoms with Gasteiger partial charge in [0, 0.05) is 16.5 Å². The summed E-state index contributed by atoms with van der Waals surface area (Å²) in [6, 6.07) is 12.1. The van der Waals surface area contributed by atoms with Gasteiger partial charge in [-0.05, 0) is 30.7 Å². The van der Waals surface area contributed by atoms with Crippen molar-refractivity contribution in [2.75, 3.05) is 11.9 Å². The second-order valence-electron chi connectivity index (χ2n) is 5.52. The zero-order chi connectivity index (χ0) is 19.4. The molecule has 0 spiro atoms. The van der Waals surface area contributed by atoms with Gasteiger partial charge in [-0.1, -0.05) is 30.3 Å². The Hall–Kier alpha value is -3.06. The normalized spacial score (nSPS) is 10.5. The predicted molar refractivity (Wildman–Crippen MR) is 100 cm³/mol. The summed E-state index contributed by atoms with van der Waals surface area (Å²) in [4.78, 5) is 24.9. The standard InChI is InChI=1S/C20H15F2NO3S/c1-2-26-20(25)17-14(12-6-4-3-5-7-12)11-27-19(17)23-18(24)13-8-9-15(21)16(22)10-13/h3-11H,2H2,1H3,(H,23,24). The highest BCUT2D eigenvalue weighted by Crippen LogP contribution is 2.36. The van der Waals surface area contributed by atoms with Crippen molar-refractivity contribution in [1.82, 2.24) is 0 Å². The molecule has 0 fully saturated rings. The Morgan fingerprint density at radius 3 is 2.48 bits per heavy atom. The van der Waals surface area contributed by atoms with Crippen LogP contribution < -0.4 is 5.32 Å². The molecule has 4 nitrogen and oxygen atoms in total. The van der Waals surface area contributed by atoms with Gasteiger partial charge in [0.1, 0.15) is 10.6 Å². The highest BCUT2D eigenvalue weighted by Gasteiger charge is 2.23. The van der Waals surface area contributed by atoms with E-state index in [1.807, 2.05) is 30.3 Å². The molecule has 1 heterocycles. The van der Waals surface area contributed by atoms with E-state index in [0.717, 1.165) is 29.0 Å². The van der Waals surface area contributed by atoms with Crippen molar-refractivity contribution in [1.29, 1.82) is 0 Å². The first kappa shape index (κ1) is 18.7. The van der Waals surface area contributed by atoms with E-state index < -0.39 is 23.5 Å². The summed E-state index contributed by atoms with van der Waals surface area (Å²) >= 11 is 1.15. The summed E-state index contributed by atoms with van der Waals surface area (Å²) in [7, 11) is 0. The number of thiophene rings is 1. The fourth-order valence-electron chi connectivity index (χ4n) is 2.50. The summed E-state index contributed by atoms with van der Waals surface area (Å²) in [5.41, 5.74) is 1.59. The molecule has 7 heteroatoms. The third-order valence-electron chi connectivity index (χ3n) is 3.76. The lowest BCUT2D eigenvalue weighted by molar-refractivity contribution is 0.0529. The lowest BCUT2D eigenvalue weighted by Crippen LogP contribution is -2.15. The van der Waals surface area contributed by atoms with Gasteiger partial charge in [-0.3, -0.25) is 4.79 Å². The lowest BCUT2D eigenvalue weighted by atomic mass is 10.0. The van der Waals surface area contributed by atoms with Crippen molar-refractivity contribution in [3.05, 3.63) is 76.7 Å². The molecule has 138 valence electrons. The van der Waals surface area contributed by atoms with Crippen LogP contribution in [0.3, 0.4) is 0 Å². The number of nitrogens with one attached hydrogen (secondary N) is 1. The summed E-state index contributed by atoms with van der Waals surface area (Å²) in [5, 5.41) is 4.61.